The average molecular weight is 369 g/mol. The van der Waals surface area contributed by atoms with Crippen LogP contribution in [0.4, 0.5) is 0 Å². The zero-order valence-corrected chi connectivity index (χ0v) is 16.5. The Morgan fingerprint density at radius 1 is 1.23 bits per heavy atom. The average Bonchev–Trinajstić information content (AvgIpc) is 3.06. The van der Waals surface area contributed by atoms with Crippen molar-refractivity contribution in [3.05, 3.63) is 63.6 Å². The molecule has 0 fully saturated rings. The molecule has 26 heavy (non-hydrogen) atoms. The molecule has 0 atom stereocenters. The molecule has 0 bridgehead atoms. The third-order valence-corrected chi connectivity index (χ3v) is 5.42. The zero-order valence-electron chi connectivity index (χ0n) is 15.8. The lowest BCUT2D eigenvalue weighted by molar-refractivity contribution is 0.681. The van der Waals surface area contributed by atoms with E-state index in [2.05, 4.69) is 47.3 Å². The van der Waals surface area contributed by atoms with Crippen LogP contribution in [-0.2, 0) is 0 Å². The molecule has 0 saturated heterocycles. The first-order chi connectivity index (χ1) is 12.8. The number of hydrogen-bond donors (Lipinski definition) is 1. The summed E-state index contributed by atoms with van der Waals surface area (Å²) in [5, 5.41) is 3.91. The van der Waals surface area contributed by atoms with Crippen molar-refractivity contribution in [3.63, 3.8) is 0 Å². The van der Waals surface area contributed by atoms with Crippen molar-refractivity contribution in [1.29, 1.82) is 0 Å². The van der Waals surface area contributed by atoms with E-state index in [1.807, 2.05) is 6.08 Å². The summed E-state index contributed by atoms with van der Waals surface area (Å²) in [7, 11) is 0. The molecule has 1 N–H and O–H groups in total. The molecule has 2 aliphatic heterocycles. The quantitative estimate of drug-likeness (QED) is 0.259. The van der Waals surface area contributed by atoms with Gasteiger partial charge in [-0.2, -0.15) is 0 Å². The van der Waals surface area contributed by atoms with E-state index in [9.17, 15) is 0 Å². The standard InChI is InChI=1S/C23H29ClN2/c1-2-20-12-13-23(24)26-22-17-19(9-5-11-21(20)22)8-4-3-7-18-10-6-15-25-16-14-18/h5,9-10,12,17,25H,2-4,6-8,11,14-16H2,1H3. The second-order valence-electron chi connectivity index (χ2n) is 7.12. The third kappa shape index (κ3) is 5.45. The SMILES string of the molecule is CCC1=C2CC=CC(CCCCC3=CCCNCC3)=CC2=NC(Cl)=C=C1. The summed E-state index contributed by atoms with van der Waals surface area (Å²) in [6, 6.07) is 0. The molecular weight excluding hydrogens is 340 g/mol. The van der Waals surface area contributed by atoms with Crippen molar-refractivity contribution in [2.45, 2.75) is 58.3 Å². The van der Waals surface area contributed by atoms with Gasteiger partial charge >= 0.3 is 0 Å². The first-order valence-electron chi connectivity index (χ1n) is 9.95. The van der Waals surface area contributed by atoms with Gasteiger partial charge in [0.2, 0.25) is 0 Å². The molecule has 0 saturated carbocycles. The van der Waals surface area contributed by atoms with Gasteiger partial charge in [-0.3, -0.25) is 0 Å². The maximum absolute atomic E-state index is 6.19. The Labute approximate surface area is 162 Å². The second kappa shape index (κ2) is 9.92. The van der Waals surface area contributed by atoms with Crippen LogP contribution in [0.1, 0.15) is 58.3 Å². The molecule has 1 aliphatic carbocycles. The largest absolute Gasteiger partial charge is 0.316 e. The van der Waals surface area contributed by atoms with Crippen molar-refractivity contribution in [2.24, 2.45) is 4.99 Å². The lowest BCUT2D eigenvalue weighted by Crippen LogP contribution is -2.13. The molecule has 3 rings (SSSR count). The van der Waals surface area contributed by atoms with Gasteiger partial charge in [-0.05, 0) is 93.3 Å². The molecule has 0 aromatic carbocycles. The molecule has 0 aromatic rings. The van der Waals surface area contributed by atoms with Crippen LogP contribution in [0, 0.1) is 0 Å². The number of nitrogens with zero attached hydrogens (tertiary/aromatic N) is 1. The summed E-state index contributed by atoms with van der Waals surface area (Å²) in [6.45, 7) is 4.44. The highest BCUT2D eigenvalue weighted by molar-refractivity contribution is 6.31. The summed E-state index contributed by atoms with van der Waals surface area (Å²) in [4.78, 5) is 4.58. The molecule has 2 nitrogen and oxygen atoms in total. The van der Waals surface area contributed by atoms with Gasteiger partial charge in [-0.15, -0.1) is 0 Å². The molecule has 0 amide bonds. The Balaban J connectivity index is 1.61. The normalized spacial score (nSPS) is 20.4. The highest BCUT2D eigenvalue weighted by atomic mass is 35.5. The van der Waals surface area contributed by atoms with E-state index in [-0.39, 0.29) is 0 Å². The number of aliphatic imine (C=N–C) groups is 1. The van der Waals surface area contributed by atoms with Gasteiger partial charge in [0, 0.05) is 0 Å². The van der Waals surface area contributed by atoms with Crippen LogP contribution < -0.4 is 5.32 Å². The fourth-order valence-electron chi connectivity index (χ4n) is 3.74. The maximum Gasteiger partial charge on any atom is 0.172 e. The van der Waals surface area contributed by atoms with E-state index < -0.39 is 0 Å². The molecule has 138 valence electrons. The summed E-state index contributed by atoms with van der Waals surface area (Å²) >= 11 is 6.19. The summed E-state index contributed by atoms with van der Waals surface area (Å²) in [5.74, 6) is 0. The highest BCUT2D eigenvalue weighted by Gasteiger charge is 2.14. The van der Waals surface area contributed by atoms with Crippen molar-refractivity contribution in [2.75, 3.05) is 13.1 Å². The first kappa shape index (κ1) is 19.2. The minimum absolute atomic E-state index is 0.451. The Hall–Kier alpha value is -1.60. The van der Waals surface area contributed by atoms with Crippen molar-refractivity contribution in [1.82, 2.24) is 5.32 Å². The van der Waals surface area contributed by atoms with Crippen molar-refractivity contribution >= 4 is 17.3 Å². The molecular formula is C23H29ClN2. The Kier molecular flexibility index (Phi) is 7.32. The van der Waals surface area contributed by atoms with E-state index in [0.717, 1.165) is 38.1 Å². The lowest BCUT2D eigenvalue weighted by atomic mass is 9.98. The van der Waals surface area contributed by atoms with Gasteiger partial charge in [0.05, 0.1) is 5.71 Å². The van der Waals surface area contributed by atoms with Gasteiger partial charge < -0.3 is 5.32 Å². The predicted molar refractivity (Wildman–Crippen MR) is 113 cm³/mol. The fourth-order valence-corrected chi connectivity index (χ4v) is 3.89. The van der Waals surface area contributed by atoms with Gasteiger partial charge in [0.25, 0.3) is 0 Å². The van der Waals surface area contributed by atoms with Crippen LogP contribution >= 0.6 is 11.6 Å². The highest BCUT2D eigenvalue weighted by Crippen LogP contribution is 2.26. The van der Waals surface area contributed by atoms with Crippen LogP contribution in [-0.4, -0.2) is 18.8 Å². The Morgan fingerprint density at radius 2 is 2.12 bits per heavy atom. The van der Waals surface area contributed by atoms with Crippen LogP contribution in [0.3, 0.4) is 0 Å². The van der Waals surface area contributed by atoms with Crippen LogP contribution in [0.25, 0.3) is 0 Å². The number of allylic oxidation sites excluding steroid dienone is 7. The number of unbranched alkanes of at least 4 members (excludes halogenated alkanes) is 1. The van der Waals surface area contributed by atoms with Crippen LogP contribution in [0.2, 0.25) is 0 Å². The summed E-state index contributed by atoms with van der Waals surface area (Å²) < 4.78 is 0. The van der Waals surface area contributed by atoms with E-state index in [1.54, 1.807) is 5.57 Å². The molecule has 0 aromatic heterocycles. The smallest absolute Gasteiger partial charge is 0.172 e. The Morgan fingerprint density at radius 3 is 3.00 bits per heavy atom. The van der Waals surface area contributed by atoms with Gasteiger partial charge in [0.1, 0.15) is 0 Å². The predicted octanol–water partition coefficient (Wildman–Crippen LogP) is 6.14. The maximum atomic E-state index is 6.19. The summed E-state index contributed by atoms with van der Waals surface area (Å²) in [5.41, 5.74) is 9.67. The van der Waals surface area contributed by atoms with E-state index in [4.69, 9.17) is 11.6 Å². The van der Waals surface area contributed by atoms with Gasteiger partial charge in [0.15, 0.2) is 5.16 Å². The minimum atomic E-state index is 0.451. The number of hydrogen-bond acceptors (Lipinski definition) is 2. The van der Waals surface area contributed by atoms with E-state index in [0.29, 0.717) is 5.16 Å². The summed E-state index contributed by atoms with van der Waals surface area (Å²) in [6.07, 6.45) is 20.3. The number of halogens is 1. The number of nitrogens with one attached hydrogen (secondary N) is 1. The zero-order chi connectivity index (χ0) is 18.2. The molecule has 0 spiro atoms. The lowest BCUT2D eigenvalue weighted by Gasteiger charge is -2.08. The topological polar surface area (TPSA) is 24.4 Å². The molecule has 3 aliphatic rings. The first-order valence-corrected chi connectivity index (χ1v) is 10.3. The van der Waals surface area contributed by atoms with Crippen molar-refractivity contribution in [3.8, 4) is 0 Å². The number of fused-ring (bicyclic) bond motifs is 1. The molecule has 0 unspecified atom stereocenters. The Bertz CT molecular complexity index is 740. The van der Waals surface area contributed by atoms with E-state index >= 15 is 0 Å². The molecule has 0 radical (unpaired) electrons. The third-order valence-electron chi connectivity index (χ3n) is 5.23. The van der Waals surface area contributed by atoms with Crippen molar-refractivity contribution < 1.29 is 0 Å². The molecule has 3 heteroatoms. The van der Waals surface area contributed by atoms with Gasteiger partial charge in [-0.25, -0.2) is 4.99 Å². The second-order valence-corrected chi connectivity index (χ2v) is 7.48. The number of rotatable bonds is 6. The van der Waals surface area contributed by atoms with Crippen LogP contribution in [0.5, 0.6) is 0 Å². The fraction of sp³-hybridized carbons (Fsp3) is 0.478. The van der Waals surface area contributed by atoms with E-state index in [1.165, 1.54) is 48.8 Å². The van der Waals surface area contributed by atoms with Gasteiger partial charge in [-0.1, -0.05) is 48.1 Å². The minimum Gasteiger partial charge on any atom is -0.316 e. The monoisotopic (exact) mass is 368 g/mol. The molecule has 2 heterocycles. The van der Waals surface area contributed by atoms with Crippen LogP contribution in [0.15, 0.2) is 68.6 Å².